The van der Waals surface area contributed by atoms with E-state index in [0.29, 0.717) is 11.1 Å². The minimum absolute atomic E-state index is 0.104. The van der Waals surface area contributed by atoms with Crippen molar-refractivity contribution in [2.45, 2.75) is 6.61 Å². The predicted octanol–water partition coefficient (Wildman–Crippen LogP) is 1.90. The zero-order valence-electron chi connectivity index (χ0n) is 12.7. The summed E-state index contributed by atoms with van der Waals surface area (Å²) in [5.74, 6) is -0.851. The average molecular weight is 317 g/mol. The number of aromatic nitrogens is 1. The number of pyridine rings is 1. The van der Waals surface area contributed by atoms with Gasteiger partial charge >= 0.3 is 0 Å². The number of benzene rings is 1. The molecule has 1 amide bonds. The first-order valence-electron chi connectivity index (χ1n) is 6.82. The van der Waals surface area contributed by atoms with Crippen LogP contribution in [0.1, 0.15) is 11.1 Å². The highest BCUT2D eigenvalue weighted by Gasteiger charge is 2.17. The molecule has 1 aromatic carbocycles. The number of amides is 1. The van der Waals surface area contributed by atoms with E-state index in [0.717, 1.165) is 0 Å². The van der Waals surface area contributed by atoms with E-state index in [1.807, 2.05) is 0 Å². The second-order valence-electron chi connectivity index (χ2n) is 4.45. The quantitative estimate of drug-likeness (QED) is 0.502. The van der Waals surface area contributed by atoms with Crippen LogP contribution in [0.4, 0.5) is 4.39 Å². The van der Waals surface area contributed by atoms with Crippen LogP contribution in [-0.2, 0) is 16.2 Å². The molecule has 0 aliphatic heterocycles. The fourth-order valence-corrected chi connectivity index (χ4v) is 1.92. The number of carbonyl (C=O) groups excluding carboxylic acids is 1. The Bertz CT molecular complexity index is 719. The van der Waals surface area contributed by atoms with Crippen LogP contribution in [0, 0.1) is 5.95 Å². The SMILES string of the molecule is CNC(=O)/C(=N\OC)c1ccccc1COc1cccc(F)n1. The van der Waals surface area contributed by atoms with Gasteiger partial charge in [-0.2, -0.15) is 9.37 Å². The number of nitrogens with one attached hydrogen (secondary N) is 1. The lowest BCUT2D eigenvalue weighted by atomic mass is 10.0. The van der Waals surface area contributed by atoms with Crippen molar-refractivity contribution in [1.29, 1.82) is 0 Å². The molecule has 0 saturated heterocycles. The number of rotatable bonds is 6. The van der Waals surface area contributed by atoms with E-state index in [2.05, 4.69) is 15.5 Å². The zero-order valence-corrected chi connectivity index (χ0v) is 12.7. The van der Waals surface area contributed by atoms with E-state index in [9.17, 15) is 9.18 Å². The standard InChI is InChI=1S/C16H16FN3O3/c1-18-16(21)15(20-22-2)12-7-4-3-6-11(12)10-23-14-9-5-8-13(17)19-14/h3-9H,10H2,1-2H3,(H,18,21)/b20-15-. The molecule has 2 rings (SSSR count). The molecular formula is C16H16FN3O3. The predicted molar refractivity (Wildman–Crippen MR) is 82.6 cm³/mol. The second kappa shape index (κ2) is 7.88. The van der Waals surface area contributed by atoms with Gasteiger partial charge in [0, 0.05) is 18.7 Å². The van der Waals surface area contributed by atoms with Crippen molar-refractivity contribution < 1.29 is 18.8 Å². The monoisotopic (exact) mass is 317 g/mol. The van der Waals surface area contributed by atoms with Crippen LogP contribution in [0.5, 0.6) is 5.88 Å². The topological polar surface area (TPSA) is 72.8 Å². The molecule has 120 valence electrons. The number of hydrogen-bond acceptors (Lipinski definition) is 5. The van der Waals surface area contributed by atoms with Crippen molar-refractivity contribution in [3.8, 4) is 5.88 Å². The van der Waals surface area contributed by atoms with Gasteiger partial charge in [-0.1, -0.05) is 35.5 Å². The summed E-state index contributed by atoms with van der Waals surface area (Å²) in [6, 6.07) is 11.4. The zero-order chi connectivity index (χ0) is 16.7. The van der Waals surface area contributed by atoms with E-state index in [1.165, 1.54) is 26.3 Å². The van der Waals surface area contributed by atoms with Crippen LogP contribution in [0.3, 0.4) is 0 Å². The first-order valence-corrected chi connectivity index (χ1v) is 6.82. The van der Waals surface area contributed by atoms with Gasteiger partial charge in [-0.3, -0.25) is 4.79 Å². The molecule has 1 heterocycles. The summed E-state index contributed by atoms with van der Waals surface area (Å²) >= 11 is 0. The van der Waals surface area contributed by atoms with Gasteiger partial charge in [-0.25, -0.2) is 0 Å². The minimum atomic E-state index is -0.622. The van der Waals surface area contributed by atoms with Gasteiger partial charge in [0.25, 0.3) is 5.91 Å². The lowest BCUT2D eigenvalue weighted by molar-refractivity contribution is -0.114. The maximum atomic E-state index is 13.1. The minimum Gasteiger partial charge on any atom is -0.473 e. The molecule has 0 atom stereocenters. The highest BCUT2D eigenvalue weighted by Crippen LogP contribution is 2.15. The molecule has 1 aromatic heterocycles. The summed E-state index contributed by atoms with van der Waals surface area (Å²) in [4.78, 5) is 20.3. The Kier molecular flexibility index (Phi) is 5.62. The first kappa shape index (κ1) is 16.4. The summed E-state index contributed by atoms with van der Waals surface area (Å²) in [6.07, 6.45) is 0. The molecular weight excluding hydrogens is 301 g/mol. The first-order chi connectivity index (χ1) is 11.2. The number of nitrogens with zero attached hydrogens (tertiary/aromatic N) is 2. The Morgan fingerprint density at radius 1 is 1.26 bits per heavy atom. The van der Waals surface area contributed by atoms with Crippen LogP contribution in [0.2, 0.25) is 0 Å². The molecule has 0 unspecified atom stereocenters. The largest absolute Gasteiger partial charge is 0.473 e. The van der Waals surface area contributed by atoms with Crippen LogP contribution >= 0.6 is 0 Å². The number of likely N-dealkylation sites (N-methyl/N-ethyl adjacent to an activating group) is 1. The van der Waals surface area contributed by atoms with Crippen molar-refractivity contribution in [2.24, 2.45) is 5.16 Å². The summed E-state index contributed by atoms with van der Waals surface area (Å²) in [5.41, 5.74) is 1.38. The van der Waals surface area contributed by atoms with E-state index >= 15 is 0 Å². The summed E-state index contributed by atoms with van der Waals surface area (Å²) in [6.45, 7) is 0.104. The van der Waals surface area contributed by atoms with E-state index < -0.39 is 5.95 Å². The molecule has 7 heteroatoms. The van der Waals surface area contributed by atoms with Crippen molar-refractivity contribution in [2.75, 3.05) is 14.2 Å². The molecule has 0 aliphatic rings. The number of halogens is 1. The number of ether oxygens (including phenoxy) is 1. The Morgan fingerprint density at radius 3 is 2.74 bits per heavy atom. The molecule has 0 bridgehead atoms. The lowest BCUT2D eigenvalue weighted by Gasteiger charge is -2.11. The smallest absolute Gasteiger partial charge is 0.273 e. The Hall–Kier alpha value is -2.96. The normalized spacial score (nSPS) is 11.0. The maximum absolute atomic E-state index is 13.1. The van der Waals surface area contributed by atoms with Crippen LogP contribution in [-0.4, -0.2) is 30.8 Å². The number of hydrogen-bond donors (Lipinski definition) is 1. The number of oxime groups is 1. The van der Waals surface area contributed by atoms with Crippen LogP contribution in [0.25, 0.3) is 0 Å². The Morgan fingerprint density at radius 2 is 2.04 bits per heavy atom. The van der Waals surface area contributed by atoms with Crippen LogP contribution in [0.15, 0.2) is 47.6 Å². The third kappa shape index (κ3) is 4.26. The highest BCUT2D eigenvalue weighted by molar-refractivity contribution is 6.45. The van der Waals surface area contributed by atoms with E-state index in [4.69, 9.17) is 9.57 Å². The van der Waals surface area contributed by atoms with Crippen LogP contribution < -0.4 is 10.1 Å². The van der Waals surface area contributed by atoms with Gasteiger partial charge < -0.3 is 14.9 Å². The molecule has 1 N–H and O–H groups in total. The van der Waals surface area contributed by atoms with E-state index in [-0.39, 0.29) is 24.1 Å². The Balaban J connectivity index is 2.26. The third-order valence-corrected chi connectivity index (χ3v) is 2.96. The van der Waals surface area contributed by atoms with Gasteiger partial charge in [0.1, 0.15) is 13.7 Å². The lowest BCUT2D eigenvalue weighted by Crippen LogP contribution is -2.29. The van der Waals surface area contributed by atoms with Crippen molar-refractivity contribution in [3.63, 3.8) is 0 Å². The summed E-state index contributed by atoms with van der Waals surface area (Å²) in [7, 11) is 2.86. The van der Waals surface area contributed by atoms with Gasteiger partial charge in [-0.05, 0) is 11.6 Å². The van der Waals surface area contributed by atoms with Gasteiger partial charge in [0.05, 0.1) is 0 Å². The summed E-state index contributed by atoms with van der Waals surface area (Å²) in [5, 5.41) is 6.27. The molecule has 23 heavy (non-hydrogen) atoms. The third-order valence-electron chi connectivity index (χ3n) is 2.96. The summed E-state index contributed by atoms with van der Waals surface area (Å²) < 4.78 is 18.5. The molecule has 2 aromatic rings. The Labute approximate surface area is 132 Å². The molecule has 0 spiro atoms. The van der Waals surface area contributed by atoms with Gasteiger partial charge in [-0.15, -0.1) is 0 Å². The van der Waals surface area contributed by atoms with Crippen molar-refractivity contribution >= 4 is 11.6 Å². The van der Waals surface area contributed by atoms with E-state index in [1.54, 1.807) is 30.3 Å². The molecule has 0 fully saturated rings. The average Bonchev–Trinajstić information content (AvgIpc) is 2.58. The highest BCUT2D eigenvalue weighted by atomic mass is 19.1. The number of carbonyl (C=O) groups is 1. The molecule has 0 aliphatic carbocycles. The molecule has 0 saturated carbocycles. The van der Waals surface area contributed by atoms with Gasteiger partial charge in [0.2, 0.25) is 11.8 Å². The fraction of sp³-hybridized carbons (Fsp3) is 0.188. The fourth-order valence-electron chi connectivity index (χ4n) is 1.92. The maximum Gasteiger partial charge on any atom is 0.273 e. The molecule has 0 radical (unpaired) electrons. The van der Waals surface area contributed by atoms with Crippen molar-refractivity contribution in [3.05, 3.63) is 59.5 Å². The van der Waals surface area contributed by atoms with Crippen molar-refractivity contribution in [1.82, 2.24) is 10.3 Å². The molecule has 6 nitrogen and oxygen atoms in total. The van der Waals surface area contributed by atoms with Gasteiger partial charge in [0.15, 0.2) is 5.71 Å². The second-order valence-corrected chi connectivity index (χ2v) is 4.45.